The normalized spacial score (nSPS) is 21.5. The van der Waals surface area contributed by atoms with E-state index < -0.39 is 0 Å². The first-order chi connectivity index (χ1) is 11.8. The number of rotatable bonds is 4. The molecule has 0 amide bonds. The summed E-state index contributed by atoms with van der Waals surface area (Å²) in [6.45, 7) is 3.15. The summed E-state index contributed by atoms with van der Waals surface area (Å²) in [4.78, 5) is 16.1. The molecule has 0 bridgehead atoms. The molecule has 0 N–H and O–H groups in total. The summed E-state index contributed by atoms with van der Waals surface area (Å²) in [5, 5.41) is 0. The van der Waals surface area contributed by atoms with Gasteiger partial charge < -0.3 is 9.47 Å². The van der Waals surface area contributed by atoms with Gasteiger partial charge in [0.2, 0.25) is 5.88 Å². The highest BCUT2D eigenvalue weighted by Gasteiger charge is 2.51. The largest absolute Gasteiger partial charge is 0.481 e. The van der Waals surface area contributed by atoms with Crippen LogP contribution in [0.25, 0.3) is 0 Å². The molecule has 1 saturated heterocycles. The fourth-order valence-corrected chi connectivity index (χ4v) is 3.68. The zero-order valence-corrected chi connectivity index (χ0v) is 13.7. The number of nitrogens with zero attached hydrogens (tertiary/aromatic N) is 4. The van der Waals surface area contributed by atoms with Gasteiger partial charge in [0.05, 0.1) is 25.1 Å². The topological polar surface area (TPSA) is 60.4 Å². The molecule has 24 heavy (non-hydrogen) atoms. The number of hydrogen-bond acceptors (Lipinski definition) is 6. The van der Waals surface area contributed by atoms with Gasteiger partial charge in [-0.1, -0.05) is 6.07 Å². The van der Waals surface area contributed by atoms with E-state index in [0.717, 1.165) is 36.8 Å². The van der Waals surface area contributed by atoms with Gasteiger partial charge in [-0.25, -0.2) is 15.0 Å². The Hall–Kier alpha value is -2.05. The van der Waals surface area contributed by atoms with E-state index in [-0.39, 0.29) is 5.60 Å². The minimum atomic E-state index is -0.212. The molecule has 5 rings (SSSR count). The Morgan fingerprint density at radius 3 is 2.96 bits per heavy atom. The van der Waals surface area contributed by atoms with Crippen LogP contribution in [0.15, 0.2) is 24.4 Å². The molecule has 4 heterocycles. The maximum Gasteiger partial charge on any atom is 0.213 e. The minimum absolute atomic E-state index is 0.212. The summed E-state index contributed by atoms with van der Waals surface area (Å²) in [5.74, 6) is 2.25. The van der Waals surface area contributed by atoms with E-state index in [4.69, 9.17) is 14.5 Å². The first kappa shape index (κ1) is 14.3. The van der Waals surface area contributed by atoms with E-state index in [1.807, 2.05) is 24.4 Å². The molecule has 2 aliphatic heterocycles. The summed E-state index contributed by atoms with van der Waals surface area (Å²) in [6, 6.07) is 5.87. The van der Waals surface area contributed by atoms with Crippen LogP contribution in [0, 0.1) is 0 Å². The van der Waals surface area contributed by atoms with E-state index >= 15 is 0 Å². The minimum Gasteiger partial charge on any atom is -0.481 e. The van der Waals surface area contributed by atoms with Gasteiger partial charge in [0, 0.05) is 43.4 Å². The van der Waals surface area contributed by atoms with Gasteiger partial charge in [0.15, 0.2) is 0 Å². The molecule has 2 aromatic heterocycles. The van der Waals surface area contributed by atoms with E-state index in [9.17, 15) is 0 Å². The maximum absolute atomic E-state index is 6.13. The van der Waals surface area contributed by atoms with Crippen LogP contribution in [0.4, 0.5) is 0 Å². The fraction of sp³-hybridized carbons (Fsp3) is 0.500. The Labute approximate surface area is 140 Å². The van der Waals surface area contributed by atoms with Gasteiger partial charge in [-0.05, 0) is 18.9 Å². The second kappa shape index (κ2) is 5.22. The molecule has 6 heteroatoms. The van der Waals surface area contributed by atoms with Gasteiger partial charge in [-0.2, -0.15) is 0 Å². The molecule has 124 valence electrons. The van der Waals surface area contributed by atoms with Gasteiger partial charge in [-0.15, -0.1) is 0 Å². The second-order valence-electron chi connectivity index (χ2n) is 6.96. The monoisotopic (exact) mass is 324 g/mol. The third kappa shape index (κ3) is 2.29. The molecule has 1 spiro atoms. The number of aromatic nitrogens is 3. The maximum atomic E-state index is 6.13. The molecule has 2 fully saturated rings. The van der Waals surface area contributed by atoms with Crippen molar-refractivity contribution in [2.45, 2.75) is 37.5 Å². The van der Waals surface area contributed by atoms with Crippen molar-refractivity contribution in [1.82, 2.24) is 19.9 Å². The van der Waals surface area contributed by atoms with Gasteiger partial charge in [-0.3, -0.25) is 4.90 Å². The lowest BCUT2D eigenvalue weighted by Gasteiger charge is -2.47. The van der Waals surface area contributed by atoms with Crippen LogP contribution in [0.2, 0.25) is 0 Å². The van der Waals surface area contributed by atoms with Gasteiger partial charge in [0.25, 0.3) is 0 Å². The number of methoxy groups -OCH3 is 1. The lowest BCUT2D eigenvalue weighted by atomic mass is 9.87. The van der Waals surface area contributed by atoms with E-state index in [2.05, 4.69) is 14.9 Å². The summed E-state index contributed by atoms with van der Waals surface area (Å²) in [5.41, 5.74) is 3.08. The Morgan fingerprint density at radius 2 is 2.17 bits per heavy atom. The third-order valence-electron chi connectivity index (χ3n) is 5.14. The fourth-order valence-electron chi connectivity index (χ4n) is 3.68. The van der Waals surface area contributed by atoms with E-state index in [1.165, 1.54) is 18.4 Å². The lowest BCUT2D eigenvalue weighted by molar-refractivity contribution is -0.145. The number of likely N-dealkylation sites (tertiary alicyclic amines) is 1. The highest BCUT2D eigenvalue weighted by molar-refractivity contribution is 5.33. The zero-order chi connectivity index (χ0) is 16.1. The highest BCUT2D eigenvalue weighted by Crippen LogP contribution is 2.44. The predicted molar refractivity (Wildman–Crippen MR) is 86.5 cm³/mol. The molecule has 6 nitrogen and oxygen atoms in total. The molecule has 1 aliphatic carbocycles. The molecule has 3 aliphatic rings. The van der Waals surface area contributed by atoms with Gasteiger partial charge >= 0.3 is 0 Å². The summed E-state index contributed by atoms with van der Waals surface area (Å²) in [7, 11) is 1.64. The van der Waals surface area contributed by atoms with Crippen molar-refractivity contribution in [3.63, 3.8) is 0 Å². The van der Waals surface area contributed by atoms with Crippen LogP contribution in [-0.2, 0) is 23.5 Å². The Bertz CT molecular complexity index is 784. The molecule has 0 aromatic carbocycles. The van der Waals surface area contributed by atoms with Crippen molar-refractivity contribution in [1.29, 1.82) is 0 Å². The Balaban J connectivity index is 1.29. The summed E-state index contributed by atoms with van der Waals surface area (Å²) < 4.78 is 11.3. The SMILES string of the molecule is COc1cccc(CN2CC3(C2)OCc2nc(C4CC4)ncc23)n1. The molecule has 0 unspecified atom stereocenters. The average Bonchev–Trinajstić information content (AvgIpc) is 3.36. The first-order valence-corrected chi connectivity index (χ1v) is 8.48. The van der Waals surface area contributed by atoms with Crippen LogP contribution < -0.4 is 4.74 Å². The number of hydrogen-bond donors (Lipinski definition) is 0. The van der Waals surface area contributed by atoms with Crippen molar-refractivity contribution in [3.8, 4) is 5.88 Å². The first-order valence-electron chi connectivity index (χ1n) is 8.48. The summed E-state index contributed by atoms with van der Waals surface area (Å²) >= 11 is 0. The van der Waals surface area contributed by atoms with E-state index in [0.29, 0.717) is 18.4 Å². The van der Waals surface area contributed by atoms with Crippen LogP contribution in [0.1, 0.15) is 41.5 Å². The predicted octanol–water partition coefficient (Wildman–Crippen LogP) is 2.00. The van der Waals surface area contributed by atoms with Crippen molar-refractivity contribution < 1.29 is 9.47 Å². The zero-order valence-electron chi connectivity index (χ0n) is 13.7. The number of fused-ring (bicyclic) bond motifs is 2. The van der Waals surface area contributed by atoms with Crippen LogP contribution >= 0.6 is 0 Å². The number of pyridine rings is 1. The lowest BCUT2D eigenvalue weighted by Crippen LogP contribution is -2.58. The second-order valence-corrected chi connectivity index (χ2v) is 6.96. The van der Waals surface area contributed by atoms with Crippen LogP contribution in [-0.4, -0.2) is 40.1 Å². The van der Waals surface area contributed by atoms with Crippen molar-refractivity contribution in [2.24, 2.45) is 0 Å². The quantitative estimate of drug-likeness (QED) is 0.857. The van der Waals surface area contributed by atoms with Gasteiger partial charge in [0.1, 0.15) is 11.4 Å². The molecule has 2 aromatic rings. The van der Waals surface area contributed by atoms with Crippen LogP contribution in [0.3, 0.4) is 0 Å². The molecule has 1 saturated carbocycles. The number of ether oxygens (including phenoxy) is 2. The van der Waals surface area contributed by atoms with Crippen molar-refractivity contribution >= 4 is 0 Å². The summed E-state index contributed by atoms with van der Waals surface area (Å²) in [6.07, 6.45) is 4.46. The average molecular weight is 324 g/mol. The molecule has 0 atom stereocenters. The van der Waals surface area contributed by atoms with Crippen molar-refractivity contribution in [3.05, 3.63) is 47.2 Å². The smallest absolute Gasteiger partial charge is 0.213 e. The molecular formula is C18H20N4O2. The standard InChI is InChI=1S/C18H20N4O2/c1-23-16-4-2-3-13(20-16)8-22-10-18(11-22)14-7-19-17(12-5-6-12)21-15(14)9-24-18/h2-4,7,12H,5-6,8-11H2,1H3. The van der Waals surface area contributed by atoms with Crippen LogP contribution in [0.5, 0.6) is 5.88 Å². The van der Waals surface area contributed by atoms with Crippen molar-refractivity contribution in [2.75, 3.05) is 20.2 Å². The Morgan fingerprint density at radius 1 is 1.29 bits per heavy atom. The molecular weight excluding hydrogens is 304 g/mol. The Kier molecular flexibility index (Phi) is 3.11. The molecule has 0 radical (unpaired) electrons. The van der Waals surface area contributed by atoms with E-state index in [1.54, 1.807) is 7.11 Å². The third-order valence-corrected chi connectivity index (χ3v) is 5.14. The highest BCUT2D eigenvalue weighted by atomic mass is 16.5.